The number of carbonyl (C=O) groups is 1. The quantitative estimate of drug-likeness (QED) is 0.752. The first kappa shape index (κ1) is 18.2. The van der Waals surface area contributed by atoms with Gasteiger partial charge in [-0.2, -0.15) is 5.10 Å². The van der Waals surface area contributed by atoms with Gasteiger partial charge in [-0.05, 0) is 26.8 Å². The Kier molecular flexibility index (Phi) is 5.70. The summed E-state index contributed by atoms with van der Waals surface area (Å²) in [6.07, 6.45) is 5.68. The number of hydrogen-bond donors (Lipinski definition) is 0. The van der Waals surface area contributed by atoms with E-state index in [2.05, 4.69) is 33.8 Å². The van der Waals surface area contributed by atoms with E-state index in [0.717, 1.165) is 25.3 Å². The van der Waals surface area contributed by atoms with Gasteiger partial charge in [-0.1, -0.05) is 0 Å². The standard InChI is InChI=1S/C18H26N6O2/c1-4-22(5-2)16-17(20-11-10-19-16)26-14-8-12-23(13-14)18(25)15-7-9-21-24(15)6-3/h7,9-11,14H,4-6,8,12-13H2,1-3H3. The van der Waals surface area contributed by atoms with Crippen LogP contribution in [0.3, 0.4) is 0 Å². The zero-order valence-electron chi connectivity index (χ0n) is 15.6. The molecule has 0 bridgehead atoms. The molecule has 2 aromatic heterocycles. The van der Waals surface area contributed by atoms with E-state index in [1.54, 1.807) is 29.3 Å². The predicted octanol–water partition coefficient (Wildman–Crippen LogP) is 1.83. The van der Waals surface area contributed by atoms with Gasteiger partial charge in [-0.3, -0.25) is 9.48 Å². The number of hydrogen-bond acceptors (Lipinski definition) is 6. The van der Waals surface area contributed by atoms with Crippen LogP contribution in [0.1, 0.15) is 37.7 Å². The Morgan fingerprint density at radius 1 is 1.23 bits per heavy atom. The van der Waals surface area contributed by atoms with Crippen LogP contribution >= 0.6 is 0 Å². The molecule has 0 aromatic carbocycles. The van der Waals surface area contributed by atoms with Gasteiger partial charge in [0.25, 0.3) is 11.8 Å². The number of aromatic nitrogens is 4. The molecule has 1 saturated heterocycles. The molecule has 140 valence electrons. The van der Waals surface area contributed by atoms with E-state index in [1.807, 2.05) is 11.8 Å². The van der Waals surface area contributed by atoms with E-state index >= 15 is 0 Å². The third kappa shape index (κ3) is 3.63. The Morgan fingerprint density at radius 3 is 2.73 bits per heavy atom. The highest BCUT2D eigenvalue weighted by molar-refractivity contribution is 5.92. The monoisotopic (exact) mass is 358 g/mol. The second-order valence-corrected chi connectivity index (χ2v) is 6.17. The summed E-state index contributed by atoms with van der Waals surface area (Å²) in [6, 6.07) is 1.77. The molecule has 8 nitrogen and oxygen atoms in total. The zero-order valence-corrected chi connectivity index (χ0v) is 15.6. The van der Waals surface area contributed by atoms with Gasteiger partial charge in [0.15, 0.2) is 5.82 Å². The van der Waals surface area contributed by atoms with E-state index in [4.69, 9.17) is 4.74 Å². The van der Waals surface area contributed by atoms with Crippen LogP contribution in [0.4, 0.5) is 5.82 Å². The fraction of sp³-hybridized carbons (Fsp3) is 0.556. The summed E-state index contributed by atoms with van der Waals surface area (Å²) in [6.45, 7) is 9.69. The molecule has 1 unspecified atom stereocenters. The summed E-state index contributed by atoms with van der Waals surface area (Å²) < 4.78 is 7.83. The van der Waals surface area contributed by atoms with Crippen molar-refractivity contribution in [1.82, 2.24) is 24.6 Å². The first-order chi connectivity index (χ1) is 12.7. The SMILES string of the molecule is CCN(CC)c1nccnc1OC1CCN(C(=O)c2ccnn2CC)C1. The number of likely N-dealkylation sites (tertiary alicyclic amines) is 1. The average Bonchev–Trinajstić information content (AvgIpc) is 3.32. The lowest BCUT2D eigenvalue weighted by Crippen LogP contribution is -2.33. The molecule has 1 fully saturated rings. The number of ether oxygens (including phenoxy) is 1. The highest BCUT2D eigenvalue weighted by atomic mass is 16.5. The largest absolute Gasteiger partial charge is 0.470 e. The van der Waals surface area contributed by atoms with E-state index in [1.165, 1.54) is 0 Å². The maximum atomic E-state index is 12.7. The van der Waals surface area contributed by atoms with Crippen molar-refractivity contribution < 1.29 is 9.53 Å². The Labute approximate surface area is 153 Å². The summed E-state index contributed by atoms with van der Waals surface area (Å²) in [4.78, 5) is 25.4. The normalized spacial score (nSPS) is 16.7. The first-order valence-electron chi connectivity index (χ1n) is 9.21. The van der Waals surface area contributed by atoms with Crippen molar-refractivity contribution in [2.24, 2.45) is 0 Å². The lowest BCUT2D eigenvalue weighted by molar-refractivity contribution is 0.0759. The first-order valence-corrected chi connectivity index (χ1v) is 9.21. The molecule has 1 aliphatic heterocycles. The number of carbonyl (C=O) groups excluding carboxylic acids is 1. The molecule has 0 aliphatic carbocycles. The van der Waals surface area contributed by atoms with Crippen LogP contribution in [0.15, 0.2) is 24.7 Å². The molecule has 8 heteroatoms. The number of amides is 1. The fourth-order valence-corrected chi connectivity index (χ4v) is 3.24. The van der Waals surface area contributed by atoms with Gasteiger partial charge in [0.05, 0.1) is 6.54 Å². The van der Waals surface area contributed by atoms with E-state index < -0.39 is 0 Å². The van der Waals surface area contributed by atoms with Gasteiger partial charge < -0.3 is 14.5 Å². The smallest absolute Gasteiger partial charge is 0.272 e. The van der Waals surface area contributed by atoms with Crippen molar-refractivity contribution in [2.75, 3.05) is 31.1 Å². The molecule has 2 aromatic rings. The molecule has 3 heterocycles. The molecule has 0 spiro atoms. The Morgan fingerprint density at radius 2 is 2.00 bits per heavy atom. The Hall–Kier alpha value is -2.64. The van der Waals surface area contributed by atoms with Crippen LogP contribution in [0, 0.1) is 0 Å². The Bertz CT molecular complexity index is 743. The molecular formula is C18H26N6O2. The van der Waals surface area contributed by atoms with Gasteiger partial charge in [-0.25, -0.2) is 9.97 Å². The van der Waals surface area contributed by atoms with Crippen LogP contribution in [0.25, 0.3) is 0 Å². The van der Waals surface area contributed by atoms with Gasteiger partial charge in [-0.15, -0.1) is 0 Å². The summed E-state index contributed by atoms with van der Waals surface area (Å²) in [5.74, 6) is 1.29. The second kappa shape index (κ2) is 8.16. The van der Waals surface area contributed by atoms with Crippen molar-refractivity contribution in [2.45, 2.75) is 39.8 Å². The minimum atomic E-state index is -0.0806. The molecular weight excluding hydrogens is 332 g/mol. The maximum absolute atomic E-state index is 12.7. The lowest BCUT2D eigenvalue weighted by Gasteiger charge is -2.23. The fourth-order valence-electron chi connectivity index (χ4n) is 3.24. The van der Waals surface area contributed by atoms with Gasteiger partial charge in [0.1, 0.15) is 11.8 Å². The van der Waals surface area contributed by atoms with Crippen LogP contribution < -0.4 is 9.64 Å². The highest BCUT2D eigenvalue weighted by Gasteiger charge is 2.30. The molecule has 1 atom stereocenters. The van der Waals surface area contributed by atoms with Gasteiger partial charge >= 0.3 is 0 Å². The van der Waals surface area contributed by atoms with E-state index in [9.17, 15) is 4.79 Å². The summed E-state index contributed by atoms with van der Waals surface area (Å²) in [5.41, 5.74) is 0.622. The van der Waals surface area contributed by atoms with Crippen molar-refractivity contribution in [1.29, 1.82) is 0 Å². The lowest BCUT2D eigenvalue weighted by atomic mass is 10.3. The molecule has 0 N–H and O–H groups in total. The van der Waals surface area contributed by atoms with Crippen molar-refractivity contribution in [3.8, 4) is 5.88 Å². The molecule has 0 radical (unpaired) electrons. The Balaban J connectivity index is 1.68. The minimum absolute atomic E-state index is 0.00133. The molecule has 0 saturated carbocycles. The van der Waals surface area contributed by atoms with Crippen LogP contribution in [-0.2, 0) is 6.54 Å². The highest BCUT2D eigenvalue weighted by Crippen LogP contribution is 2.26. The molecule has 3 rings (SSSR count). The van der Waals surface area contributed by atoms with Crippen molar-refractivity contribution in [3.05, 3.63) is 30.4 Å². The molecule has 1 aliphatic rings. The number of anilines is 1. The molecule has 1 amide bonds. The van der Waals surface area contributed by atoms with Crippen LogP contribution in [0.2, 0.25) is 0 Å². The summed E-state index contributed by atoms with van der Waals surface area (Å²) in [5, 5.41) is 4.18. The predicted molar refractivity (Wildman–Crippen MR) is 98.4 cm³/mol. The van der Waals surface area contributed by atoms with Crippen molar-refractivity contribution >= 4 is 11.7 Å². The number of aryl methyl sites for hydroxylation is 1. The third-order valence-corrected chi connectivity index (χ3v) is 4.66. The van der Waals surface area contributed by atoms with Crippen LogP contribution in [-0.4, -0.2) is 62.8 Å². The molecule has 26 heavy (non-hydrogen) atoms. The van der Waals surface area contributed by atoms with Gasteiger partial charge in [0, 0.05) is 51.2 Å². The third-order valence-electron chi connectivity index (χ3n) is 4.66. The minimum Gasteiger partial charge on any atom is -0.470 e. The van der Waals surface area contributed by atoms with Crippen LogP contribution in [0.5, 0.6) is 5.88 Å². The average molecular weight is 358 g/mol. The number of rotatable bonds is 7. The van der Waals surface area contributed by atoms with E-state index in [-0.39, 0.29) is 12.0 Å². The maximum Gasteiger partial charge on any atom is 0.272 e. The van der Waals surface area contributed by atoms with Crippen molar-refractivity contribution in [3.63, 3.8) is 0 Å². The topological polar surface area (TPSA) is 76.4 Å². The van der Waals surface area contributed by atoms with E-state index in [0.29, 0.717) is 31.2 Å². The summed E-state index contributed by atoms with van der Waals surface area (Å²) in [7, 11) is 0. The van der Waals surface area contributed by atoms with Gasteiger partial charge in [0.2, 0.25) is 0 Å². The zero-order chi connectivity index (χ0) is 18.5. The second-order valence-electron chi connectivity index (χ2n) is 6.17. The summed E-state index contributed by atoms with van der Waals surface area (Å²) >= 11 is 0. The number of nitrogens with zero attached hydrogens (tertiary/aromatic N) is 6.